The first-order valence-electron chi connectivity index (χ1n) is 22.9. The fraction of sp³-hybridized carbons (Fsp3) is 0.872. The Balaban J connectivity index is 0.977. The SMILES string of the molecule is C/C=C(\C)C(=O)O[C@@H]1CC2C(CC=C3C[C@@H](OC4CC(OC)C(OC5CC(OC)C(OC6CC(OC)C(O)C(C)O6)C(C)O5)C(C)O4)CC[C@@]32C)[C@@]2(O)CC[C@H](C(C)=O)[C@@]12C. The number of aliphatic hydroxyl groups excluding tert-OH is 1. The molecule has 14 nitrogen and oxygen atoms in total. The van der Waals surface area contributed by atoms with Crippen LogP contribution in [0.3, 0.4) is 0 Å². The number of hydrogen-bond acceptors (Lipinski definition) is 14. The van der Waals surface area contributed by atoms with Gasteiger partial charge in [-0.2, -0.15) is 0 Å². The Labute approximate surface area is 362 Å². The molecule has 3 saturated heterocycles. The molecule has 0 aromatic rings. The van der Waals surface area contributed by atoms with Crippen molar-refractivity contribution < 1.29 is 67.2 Å². The fourth-order valence-electron chi connectivity index (χ4n) is 12.7. The van der Waals surface area contributed by atoms with Crippen LogP contribution in [-0.4, -0.2) is 135 Å². The number of allylic oxidation sites excluding steroid dienone is 2. The van der Waals surface area contributed by atoms with Gasteiger partial charge in [0.2, 0.25) is 0 Å². The van der Waals surface area contributed by atoms with E-state index in [-0.39, 0.29) is 65.4 Å². The van der Waals surface area contributed by atoms with Crippen molar-refractivity contribution >= 4 is 11.8 Å². The summed E-state index contributed by atoms with van der Waals surface area (Å²) in [6, 6.07) is 0. The zero-order chi connectivity index (χ0) is 44.2. The molecule has 14 unspecified atom stereocenters. The van der Waals surface area contributed by atoms with E-state index in [0.29, 0.717) is 50.5 Å². The molecule has 7 aliphatic rings. The number of hydrogen-bond donors (Lipinski definition) is 2. The average molecular weight is 863 g/mol. The minimum absolute atomic E-state index is 0.0463. The Morgan fingerprint density at radius 1 is 0.770 bits per heavy atom. The monoisotopic (exact) mass is 863 g/mol. The standard InChI is InChI=1S/C47H74O14/c1-12-24(2)44(50)59-37-20-33-32(47(51)18-16-31(25(3)48)46(37,47)8)14-13-29-19-30(15-17-45(29,33)7)58-38-22-35(53-10)42(27(5)56-38)61-40-23-36(54-11)43(28(6)57-40)60-39-21-34(52-9)41(49)26(4)55-39/h12-13,26-28,30-43,49,51H,14-23H2,1-11H3/b24-12+/t26?,27?,28?,30-,31+,32?,33?,34?,35?,36?,37+,38?,39?,40?,41?,42?,43?,45-,46-,47-/m0/s1. The van der Waals surface area contributed by atoms with Gasteiger partial charge >= 0.3 is 5.97 Å². The summed E-state index contributed by atoms with van der Waals surface area (Å²) < 4.78 is 62.4. The molecule has 3 aliphatic heterocycles. The molecular formula is C47H74O14. The van der Waals surface area contributed by atoms with Crippen LogP contribution in [0.15, 0.2) is 23.3 Å². The number of carbonyl (C=O) groups is 2. The zero-order valence-corrected chi connectivity index (χ0v) is 38.3. The summed E-state index contributed by atoms with van der Waals surface area (Å²) in [5.74, 6) is -0.680. The number of carbonyl (C=O) groups excluding carboxylic acids is 2. The van der Waals surface area contributed by atoms with Crippen molar-refractivity contribution in [1.82, 2.24) is 0 Å². The molecule has 0 bridgehead atoms. The summed E-state index contributed by atoms with van der Waals surface area (Å²) >= 11 is 0. The molecule has 14 heteroatoms. The van der Waals surface area contributed by atoms with Crippen molar-refractivity contribution in [3.05, 3.63) is 23.3 Å². The highest BCUT2D eigenvalue weighted by atomic mass is 16.7. The first kappa shape index (κ1) is 47.2. The van der Waals surface area contributed by atoms with E-state index in [1.54, 1.807) is 48.2 Å². The van der Waals surface area contributed by atoms with E-state index in [2.05, 4.69) is 13.0 Å². The van der Waals surface area contributed by atoms with E-state index in [0.717, 1.165) is 19.3 Å². The summed E-state index contributed by atoms with van der Waals surface area (Å²) in [7, 11) is 4.91. The second kappa shape index (κ2) is 18.6. The molecule has 61 heavy (non-hydrogen) atoms. The topological polar surface area (TPSA) is 167 Å². The minimum atomic E-state index is -1.14. The van der Waals surface area contributed by atoms with Gasteiger partial charge < -0.3 is 57.6 Å². The Morgan fingerprint density at radius 3 is 1.89 bits per heavy atom. The molecule has 346 valence electrons. The van der Waals surface area contributed by atoms with Gasteiger partial charge in [0, 0.05) is 57.5 Å². The van der Waals surface area contributed by atoms with Gasteiger partial charge in [0.1, 0.15) is 30.2 Å². The number of esters is 1. The highest BCUT2D eigenvalue weighted by molar-refractivity contribution is 5.88. The maximum atomic E-state index is 13.3. The van der Waals surface area contributed by atoms with Crippen LogP contribution in [0.25, 0.3) is 0 Å². The Bertz CT molecular complexity index is 1640. The Morgan fingerprint density at radius 2 is 1.33 bits per heavy atom. The lowest BCUT2D eigenvalue weighted by molar-refractivity contribution is -0.338. The van der Waals surface area contributed by atoms with Gasteiger partial charge in [-0.1, -0.05) is 31.6 Å². The minimum Gasteiger partial charge on any atom is -0.458 e. The highest BCUT2D eigenvalue weighted by Crippen LogP contribution is 2.68. The highest BCUT2D eigenvalue weighted by Gasteiger charge is 2.71. The van der Waals surface area contributed by atoms with E-state index in [9.17, 15) is 19.8 Å². The van der Waals surface area contributed by atoms with Crippen LogP contribution in [0.2, 0.25) is 0 Å². The smallest absolute Gasteiger partial charge is 0.333 e. The van der Waals surface area contributed by atoms with E-state index in [1.165, 1.54) is 5.57 Å². The van der Waals surface area contributed by atoms with Gasteiger partial charge in [-0.05, 0) is 104 Å². The van der Waals surface area contributed by atoms with Gasteiger partial charge in [0.25, 0.3) is 0 Å². The predicted octanol–water partition coefficient (Wildman–Crippen LogP) is 5.72. The summed E-state index contributed by atoms with van der Waals surface area (Å²) in [6.45, 7) is 15.2. The second-order valence-electron chi connectivity index (χ2n) is 19.6. The molecule has 2 N–H and O–H groups in total. The first-order valence-corrected chi connectivity index (χ1v) is 22.9. The largest absolute Gasteiger partial charge is 0.458 e. The number of aliphatic hydroxyl groups is 2. The fourth-order valence-corrected chi connectivity index (χ4v) is 12.7. The van der Waals surface area contributed by atoms with Gasteiger partial charge in [-0.3, -0.25) is 4.79 Å². The lowest BCUT2D eigenvalue weighted by Crippen LogP contribution is -2.66. The van der Waals surface area contributed by atoms with Gasteiger partial charge in [0.15, 0.2) is 18.9 Å². The molecule has 3 saturated carbocycles. The molecule has 4 aliphatic carbocycles. The van der Waals surface area contributed by atoms with Crippen molar-refractivity contribution in [3.63, 3.8) is 0 Å². The number of ketones is 1. The molecule has 7 rings (SSSR count). The molecular weight excluding hydrogens is 789 g/mol. The molecule has 20 atom stereocenters. The number of rotatable bonds is 12. The van der Waals surface area contributed by atoms with Crippen LogP contribution in [-0.2, 0) is 57.0 Å². The summed E-state index contributed by atoms with van der Waals surface area (Å²) in [5, 5.41) is 23.2. The van der Waals surface area contributed by atoms with Crippen LogP contribution in [0.4, 0.5) is 0 Å². The lowest BCUT2D eigenvalue weighted by Gasteiger charge is -2.63. The first-order chi connectivity index (χ1) is 28.9. The van der Waals surface area contributed by atoms with Crippen LogP contribution in [0.1, 0.15) is 120 Å². The van der Waals surface area contributed by atoms with Gasteiger partial charge in [0.05, 0.1) is 48.3 Å². The van der Waals surface area contributed by atoms with Crippen LogP contribution in [0, 0.1) is 28.6 Å². The Hall–Kier alpha value is -1.82. The zero-order valence-electron chi connectivity index (χ0n) is 38.3. The van der Waals surface area contributed by atoms with Crippen molar-refractivity contribution in [1.29, 1.82) is 0 Å². The normalized spacial score (nSPS) is 49.0. The predicted molar refractivity (Wildman–Crippen MR) is 222 cm³/mol. The number of Topliss-reactive ketones (excluding diaryl/α,β-unsaturated/α-hetero) is 1. The molecule has 0 spiro atoms. The summed E-state index contributed by atoms with van der Waals surface area (Å²) in [6.07, 6.45) is 4.07. The van der Waals surface area contributed by atoms with Gasteiger partial charge in [-0.15, -0.1) is 0 Å². The number of fused-ring (bicyclic) bond motifs is 5. The van der Waals surface area contributed by atoms with E-state index < -0.39 is 66.5 Å². The van der Waals surface area contributed by atoms with Crippen molar-refractivity contribution in [2.24, 2.45) is 28.6 Å². The molecule has 3 heterocycles. The van der Waals surface area contributed by atoms with Crippen molar-refractivity contribution in [3.8, 4) is 0 Å². The maximum Gasteiger partial charge on any atom is 0.333 e. The number of methoxy groups -OCH3 is 3. The lowest BCUT2D eigenvalue weighted by atomic mass is 9.45. The molecule has 0 aromatic heterocycles. The molecule has 0 aromatic carbocycles. The quantitative estimate of drug-likeness (QED) is 0.139. The van der Waals surface area contributed by atoms with Crippen molar-refractivity contribution in [2.75, 3.05) is 21.3 Å². The van der Waals surface area contributed by atoms with E-state index in [4.69, 9.17) is 47.4 Å². The Kier molecular flexibility index (Phi) is 14.4. The average Bonchev–Trinajstić information content (AvgIpc) is 3.52. The summed E-state index contributed by atoms with van der Waals surface area (Å²) in [4.78, 5) is 26.4. The third-order valence-corrected chi connectivity index (χ3v) is 16.6. The molecule has 6 fully saturated rings. The second-order valence-corrected chi connectivity index (χ2v) is 19.6. The van der Waals surface area contributed by atoms with E-state index in [1.807, 2.05) is 27.7 Å². The summed E-state index contributed by atoms with van der Waals surface area (Å²) in [5.41, 5.74) is -0.384. The third-order valence-electron chi connectivity index (χ3n) is 16.6. The molecule has 0 radical (unpaired) electrons. The van der Waals surface area contributed by atoms with Gasteiger partial charge in [-0.25, -0.2) is 4.79 Å². The van der Waals surface area contributed by atoms with E-state index >= 15 is 0 Å². The van der Waals surface area contributed by atoms with Crippen LogP contribution >= 0.6 is 0 Å². The number of ether oxygens (including phenoxy) is 10. The maximum absolute atomic E-state index is 13.3. The van der Waals surface area contributed by atoms with Crippen molar-refractivity contribution in [2.45, 2.75) is 211 Å². The third kappa shape index (κ3) is 8.59. The van der Waals surface area contributed by atoms with Crippen LogP contribution in [0.5, 0.6) is 0 Å². The van der Waals surface area contributed by atoms with Crippen LogP contribution < -0.4 is 0 Å². The molecule has 0 amide bonds.